The van der Waals surface area contributed by atoms with E-state index in [1.807, 2.05) is 12.1 Å². The molecule has 3 aliphatic carbocycles. The van der Waals surface area contributed by atoms with Crippen molar-refractivity contribution in [2.24, 2.45) is 5.41 Å². The number of nitriles is 1. The van der Waals surface area contributed by atoms with Crippen molar-refractivity contribution in [3.05, 3.63) is 71.0 Å². The summed E-state index contributed by atoms with van der Waals surface area (Å²) in [5, 5.41) is 16.8. The molecule has 1 N–H and O–H groups in total. The summed E-state index contributed by atoms with van der Waals surface area (Å²) in [6, 6.07) is 11.1. The lowest BCUT2D eigenvalue weighted by Gasteiger charge is -2.53. The third-order valence-electron chi connectivity index (χ3n) is 7.78. The lowest BCUT2D eigenvalue weighted by Crippen LogP contribution is -2.56. The molecule has 1 amide bonds. The zero-order valence-electron chi connectivity index (χ0n) is 18.7. The summed E-state index contributed by atoms with van der Waals surface area (Å²) in [6.45, 7) is 0. The predicted molar refractivity (Wildman–Crippen MR) is 120 cm³/mol. The van der Waals surface area contributed by atoms with Crippen LogP contribution in [0.3, 0.4) is 0 Å². The van der Waals surface area contributed by atoms with E-state index in [9.17, 15) is 18.0 Å². The Balaban J connectivity index is 1.38. The molecule has 2 aromatic heterocycles. The van der Waals surface area contributed by atoms with E-state index < -0.39 is 11.7 Å². The van der Waals surface area contributed by atoms with Crippen molar-refractivity contribution in [2.45, 2.75) is 63.1 Å². The summed E-state index contributed by atoms with van der Waals surface area (Å²) in [5.74, 6) is -0.176. The first-order valence-corrected chi connectivity index (χ1v) is 11.5. The highest BCUT2D eigenvalue weighted by atomic mass is 19.4. The number of nitrogens with one attached hydrogen (secondary N) is 1. The number of rotatable bonds is 5. The van der Waals surface area contributed by atoms with Gasteiger partial charge in [-0.05, 0) is 79.7 Å². The van der Waals surface area contributed by atoms with Crippen LogP contribution in [0, 0.1) is 16.7 Å². The van der Waals surface area contributed by atoms with Gasteiger partial charge in [0.1, 0.15) is 0 Å². The summed E-state index contributed by atoms with van der Waals surface area (Å²) in [5.41, 5.74) is 1.86. The number of halogens is 3. The first kappa shape index (κ1) is 22.5. The van der Waals surface area contributed by atoms with Gasteiger partial charge in [-0.3, -0.25) is 4.79 Å². The van der Waals surface area contributed by atoms with Gasteiger partial charge in [0.15, 0.2) is 0 Å². The lowest BCUT2D eigenvalue weighted by molar-refractivity contribution is -0.137. The maximum Gasteiger partial charge on any atom is 0.416 e. The molecule has 2 heterocycles. The molecule has 34 heavy (non-hydrogen) atoms. The number of alkyl halides is 3. The quantitative estimate of drug-likeness (QED) is 0.526. The van der Waals surface area contributed by atoms with Crippen molar-refractivity contribution in [1.82, 2.24) is 14.9 Å². The minimum Gasteiger partial charge on any atom is -0.346 e. The van der Waals surface area contributed by atoms with E-state index in [1.54, 1.807) is 16.9 Å². The molecule has 0 radical (unpaired) electrons. The molecule has 6 rings (SSSR count). The predicted octanol–water partition coefficient (Wildman–Crippen LogP) is 5.68. The van der Waals surface area contributed by atoms with E-state index in [-0.39, 0.29) is 16.9 Å². The molecule has 0 saturated heterocycles. The maximum absolute atomic E-state index is 13.4. The van der Waals surface area contributed by atoms with Gasteiger partial charge < -0.3 is 5.32 Å². The number of fused-ring (bicyclic) bond motifs is 4. The second-order valence-corrected chi connectivity index (χ2v) is 9.83. The normalized spacial score (nSPS) is 24.2. The van der Waals surface area contributed by atoms with E-state index in [0.29, 0.717) is 23.9 Å². The first-order chi connectivity index (χ1) is 16.2. The van der Waals surface area contributed by atoms with Crippen LogP contribution >= 0.6 is 0 Å². The number of hydrogen-bond acceptors (Lipinski definition) is 3. The van der Waals surface area contributed by atoms with Gasteiger partial charge in [-0.25, -0.2) is 4.52 Å². The number of benzene rings is 1. The fourth-order valence-electron chi connectivity index (χ4n) is 5.65. The zero-order chi connectivity index (χ0) is 24.0. The molecule has 2 bridgehead atoms. The number of carbonyl (C=O) groups excluding carboxylic acids is 1. The van der Waals surface area contributed by atoms with Crippen LogP contribution in [0.2, 0.25) is 0 Å². The first-order valence-electron chi connectivity index (χ1n) is 11.5. The molecule has 8 heteroatoms. The van der Waals surface area contributed by atoms with Crippen LogP contribution in [-0.4, -0.2) is 21.1 Å². The van der Waals surface area contributed by atoms with Gasteiger partial charge in [0.25, 0.3) is 5.91 Å². The van der Waals surface area contributed by atoms with E-state index >= 15 is 0 Å². The average molecular weight is 467 g/mol. The number of amides is 1. The Morgan fingerprint density at radius 3 is 2.38 bits per heavy atom. The molecular formula is C26H25F3N4O. The Kier molecular flexibility index (Phi) is 5.38. The van der Waals surface area contributed by atoms with Crippen LogP contribution in [0.25, 0.3) is 5.52 Å². The van der Waals surface area contributed by atoms with Crippen molar-refractivity contribution in [3.8, 4) is 6.07 Å². The minimum absolute atomic E-state index is 0.112. The summed E-state index contributed by atoms with van der Waals surface area (Å²) < 4.78 is 40.3. The van der Waals surface area contributed by atoms with Crippen molar-refractivity contribution >= 4 is 11.4 Å². The third kappa shape index (κ3) is 4.04. The Bertz CT molecular complexity index is 1250. The van der Waals surface area contributed by atoms with Crippen LogP contribution < -0.4 is 5.32 Å². The van der Waals surface area contributed by atoms with Crippen LogP contribution in [0.5, 0.6) is 0 Å². The van der Waals surface area contributed by atoms with Gasteiger partial charge in [-0.1, -0.05) is 18.2 Å². The average Bonchev–Trinajstić information content (AvgIpc) is 3.26. The highest BCUT2D eigenvalue weighted by Gasteiger charge is 2.49. The molecule has 0 atom stereocenters. The van der Waals surface area contributed by atoms with E-state index in [4.69, 9.17) is 5.26 Å². The van der Waals surface area contributed by atoms with Crippen LogP contribution in [0.4, 0.5) is 13.2 Å². The smallest absolute Gasteiger partial charge is 0.346 e. The number of aromatic nitrogens is 2. The van der Waals surface area contributed by atoms with Gasteiger partial charge >= 0.3 is 6.18 Å². The van der Waals surface area contributed by atoms with Crippen molar-refractivity contribution < 1.29 is 18.0 Å². The molecule has 5 nitrogen and oxygen atoms in total. The summed E-state index contributed by atoms with van der Waals surface area (Å²) in [4.78, 5) is 13.4. The topological polar surface area (TPSA) is 70.2 Å². The molecule has 0 aliphatic heterocycles. The highest BCUT2D eigenvalue weighted by Crippen LogP contribution is 2.54. The number of pyridine rings is 1. The standard InChI is InChI=1S/C26H25F3N4O/c27-26(28,29)20-5-3-18(4-6-20)16-19-2-1-15-33-22(19)21(17-31-33)23(34)32-25-10-7-24(8-11-25,9-12-25)13-14-30/h1-6,15,17H,7-13,16H2,(H,32,34). The van der Waals surface area contributed by atoms with Crippen molar-refractivity contribution in [1.29, 1.82) is 5.26 Å². The number of hydrogen-bond donors (Lipinski definition) is 1. The SMILES string of the molecule is N#CCC12CCC(NC(=O)c3cnn4cccc(Cc5ccc(C(F)(F)F)cc5)c34)(CC1)CC2. The van der Waals surface area contributed by atoms with E-state index in [0.717, 1.165) is 61.8 Å². The summed E-state index contributed by atoms with van der Waals surface area (Å²) in [7, 11) is 0. The molecule has 3 aliphatic rings. The largest absolute Gasteiger partial charge is 0.416 e. The fraction of sp³-hybridized carbons (Fsp3) is 0.423. The van der Waals surface area contributed by atoms with E-state index in [1.165, 1.54) is 12.1 Å². The second-order valence-electron chi connectivity index (χ2n) is 9.83. The van der Waals surface area contributed by atoms with Gasteiger partial charge in [-0.15, -0.1) is 0 Å². The van der Waals surface area contributed by atoms with Gasteiger partial charge in [0.05, 0.1) is 28.9 Å². The van der Waals surface area contributed by atoms with Gasteiger partial charge in [-0.2, -0.15) is 23.5 Å². The van der Waals surface area contributed by atoms with Crippen LogP contribution in [0.1, 0.15) is 72.0 Å². The van der Waals surface area contributed by atoms with Crippen LogP contribution in [-0.2, 0) is 12.6 Å². The Hall–Kier alpha value is -3.34. The molecule has 1 aromatic carbocycles. The Labute approximate surface area is 195 Å². The van der Waals surface area contributed by atoms with Gasteiger partial charge in [0.2, 0.25) is 0 Å². The monoisotopic (exact) mass is 466 g/mol. The molecular weight excluding hydrogens is 441 g/mol. The molecule has 3 aromatic rings. The Morgan fingerprint density at radius 2 is 1.76 bits per heavy atom. The van der Waals surface area contributed by atoms with Gasteiger partial charge in [0, 0.05) is 18.2 Å². The van der Waals surface area contributed by atoms with Crippen molar-refractivity contribution in [3.63, 3.8) is 0 Å². The molecule has 176 valence electrons. The maximum atomic E-state index is 13.4. The zero-order valence-corrected chi connectivity index (χ0v) is 18.7. The van der Waals surface area contributed by atoms with Crippen molar-refractivity contribution in [2.75, 3.05) is 0 Å². The summed E-state index contributed by atoms with van der Waals surface area (Å²) >= 11 is 0. The Morgan fingerprint density at radius 1 is 1.09 bits per heavy atom. The van der Waals surface area contributed by atoms with E-state index in [2.05, 4.69) is 16.5 Å². The molecule has 3 saturated carbocycles. The minimum atomic E-state index is -4.37. The highest BCUT2D eigenvalue weighted by molar-refractivity contribution is 6.01. The van der Waals surface area contributed by atoms with Crippen LogP contribution in [0.15, 0.2) is 48.8 Å². The summed E-state index contributed by atoms with van der Waals surface area (Å²) in [6.07, 6.45) is 5.39. The molecule has 0 spiro atoms. The third-order valence-corrected chi connectivity index (χ3v) is 7.78. The molecule has 0 unspecified atom stereocenters. The number of carbonyl (C=O) groups is 1. The number of nitrogens with zero attached hydrogens (tertiary/aromatic N) is 3. The lowest BCUT2D eigenvalue weighted by atomic mass is 9.56. The second kappa shape index (κ2) is 8.15. The molecule has 3 fully saturated rings. The fourth-order valence-corrected chi connectivity index (χ4v) is 5.65.